The summed E-state index contributed by atoms with van der Waals surface area (Å²) in [6.07, 6.45) is 3.73. The predicted octanol–water partition coefficient (Wildman–Crippen LogP) is 4.45. The van der Waals surface area contributed by atoms with Gasteiger partial charge >= 0.3 is 0 Å². The zero-order chi connectivity index (χ0) is 16.4. The SMILES string of the molecule is Clc1ccc(C#Cc2nc(-c3ccccn3)n3ccccc23)cc1. The Balaban J connectivity index is 1.84. The summed E-state index contributed by atoms with van der Waals surface area (Å²) in [7, 11) is 0. The van der Waals surface area contributed by atoms with Gasteiger partial charge in [0.2, 0.25) is 0 Å². The van der Waals surface area contributed by atoms with Crippen molar-refractivity contribution in [3.05, 3.63) is 89.3 Å². The molecule has 24 heavy (non-hydrogen) atoms. The molecule has 4 heteroatoms. The highest BCUT2D eigenvalue weighted by Gasteiger charge is 2.11. The lowest BCUT2D eigenvalue weighted by atomic mass is 10.2. The van der Waals surface area contributed by atoms with Gasteiger partial charge in [-0.1, -0.05) is 29.7 Å². The molecule has 0 spiro atoms. The van der Waals surface area contributed by atoms with Crippen LogP contribution in [-0.2, 0) is 0 Å². The maximum atomic E-state index is 5.91. The fourth-order valence-electron chi connectivity index (χ4n) is 2.47. The van der Waals surface area contributed by atoms with E-state index in [-0.39, 0.29) is 0 Å². The van der Waals surface area contributed by atoms with E-state index in [1.54, 1.807) is 6.20 Å². The Bertz CT molecular complexity index is 1050. The van der Waals surface area contributed by atoms with Gasteiger partial charge in [-0.3, -0.25) is 9.38 Å². The number of pyridine rings is 2. The normalized spacial score (nSPS) is 10.4. The number of imidazole rings is 1. The van der Waals surface area contributed by atoms with Gasteiger partial charge in [0.15, 0.2) is 5.82 Å². The fraction of sp³-hybridized carbons (Fsp3) is 0. The quantitative estimate of drug-likeness (QED) is 0.483. The summed E-state index contributed by atoms with van der Waals surface area (Å²) in [5.41, 5.74) is 3.40. The van der Waals surface area contributed by atoms with Crippen molar-refractivity contribution in [3.63, 3.8) is 0 Å². The van der Waals surface area contributed by atoms with E-state index in [1.807, 2.05) is 71.3 Å². The van der Waals surface area contributed by atoms with Gasteiger partial charge in [0, 0.05) is 23.0 Å². The smallest absolute Gasteiger partial charge is 0.164 e. The summed E-state index contributed by atoms with van der Waals surface area (Å²) in [5, 5.41) is 0.699. The Kier molecular flexibility index (Phi) is 3.74. The maximum absolute atomic E-state index is 5.91. The van der Waals surface area contributed by atoms with Gasteiger partial charge < -0.3 is 0 Å². The minimum Gasteiger partial charge on any atom is -0.297 e. The number of hydrogen-bond donors (Lipinski definition) is 0. The first-order valence-corrected chi connectivity index (χ1v) is 7.85. The monoisotopic (exact) mass is 329 g/mol. The van der Waals surface area contributed by atoms with Gasteiger partial charge in [0.05, 0.1) is 5.52 Å². The molecular formula is C20H12ClN3. The Labute approximate surface area is 144 Å². The molecule has 0 saturated heterocycles. The lowest BCUT2D eigenvalue weighted by Gasteiger charge is -1.98. The van der Waals surface area contributed by atoms with Crippen molar-refractivity contribution in [1.82, 2.24) is 14.4 Å². The van der Waals surface area contributed by atoms with Crippen molar-refractivity contribution >= 4 is 17.1 Å². The van der Waals surface area contributed by atoms with Crippen molar-refractivity contribution in [2.45, 2.75) is 0 Å². The maximum Gasteiger partial charge on any atom is 0.164 e. The largest absolute Gasteiger partial charge is 0.297 e. The van der Waals surface area contributed by atoms with Crippen LogP contribution in [0.2, 0.25) is 5.02 Å². The molecule has 114 valence electrons. The Morgan fingerprint density at radius 3 is 2.50 bits per heavy atom. The number of fused-ring (bicyclic) bond motifs is 1. The number of benzene rings is 1. The summed E-state index contributed by atoms with van der Waals surface area (Å²) in [6.45, 7) is 0. The van der Waals surface area contributed by atoms with Crippen LogP contribution >= 0.6 is 11.6 Å². The third kappa shape index (κ3) is 2.76. The standard InChI is InChI=1S/C20H12ClN3/c21-16-10-7-15(8-11-16)9-12-17-19-6-2-4-14-24(19)20(23-17)18-5-1-3-13-22-18/h1-8,10-11,13-14H. The van der Waals surface area contributed by atoms with E-state index in [0.717, 1.165) is 28.3 Å². The van der Waals surface area contributed by atoms with Crippen molar-refractivity contribution in [2.24, 2.45) is 0 Å². The second-order valence-electron chi connectivity index (χ2n) is 5.21. The van der Waals surface area contributed by atoms with Crippen LogP contribution in [0.15, 0.2) is 73.1 Å². The van der Waals surface area contributed by atoms with E-state index in [1.165, 1.54) is 0 Å². The zero-order valence-electron chi connectivity index (χ0n) is 12.6. The first-order chi connectivity index (χ1) is 11.8. The van der Waals surface area contributed by atoms with E-state index in [2.05, 4.69) is 16.8 Å². The van der Waals surface area contributed by atoms with E-state index < -0.39 is 0 Å². The van der Waals surface area contributed by atoms with Gasteiger partial charge in [0.1, 0.15) is 11.4 Å². The summed E-state index contributed by atoms with van der Waals surface area (Å²) < 4.78 is 2.01. The van der Waals surface area contributed by atoms with E-state index in [4.69, 9.17) is 16.6 Å². The molecule has 0 aliphatic rings. The van der Waals surface area contributed by atoms with Crippen molar-refractivity contribution in [2.75, 3.05) is 0 Å². The van der Waals surface area contributed by atoms with Crippen LogP contribution in [0.25, 0.3) is 17.0 Å². The zero-order valence-corrected chi connectivity index (χ0v) is 13.4. The van der Waals surface area contributed by atoms with Crippen LogP contribution in [0.1, 0.15) is 11.3 Å². The van der Waals surface area contributed by atoms with Crippen molar-refractivity contribution in [3.8, 4) is 23.4 Å². The topological polar surface area (TPSA) is 30.2 Å². The Morgan fingerprint density at radius 2 is 1.71 bits per heavy atom. The molecule has 0 aliphatic carbocycles. The van der Waals surface area contributed by atoms with Gasteiger partial charge in [0.25, 0.3) is 0 Å². The molecule has 0 unspecified atom stereocenters. The number of hydrogen-bond acceptors (Lipinski definition) is 2. The Morgan fingerprint density at radius 1 is 0.875 bits per heavy atom. The highest BCUT2D eigenvalue weighted by molar-refractivity contribution is 6.30. The summed E-state index contributed by atoms with van der Waals surface area (Å²) in [5.74, 6) is 7.08. The van der Waals surface area contributed by atoms with Crippen LogP contribution < -0.4 is 0 Å². The molecule has 0 fully saturated rings. The van der Waals surface area contributed by atoms with Crippen LogP contribution in [-0.4, -0.2) is 14.4 Å². The lowest BCUT2D eigenvalue weighted by Crippen LogP contribution is -1.90. The third-order valence-corrected chi connectivity index (χ3v) is 3.86. The molecule has 0 saturated carbocycles. The molecular weight excluding hydrogens is 318 g/mol. The molecule has 3 nitrogen and oxygen atoms in total. The first kappa shape index (κ1) is 14.5. The summed E-state index contributed by atoms with van der Waals surface area (Å²) in [4.78, 5) is 9.09. The highest BCUT2D eigenvalue weighted by Crippen LogP contribution is 2.20. The molecule has 0 bridgehead atoms. The third-order valence-electron chi connectivity index (χ3n) is 3.61. The molecule has 0 atom stereocenters. The highest BCUT2D eigenvalue weighted by atomic mass is 35.5. The molecule has 4 rings (SSSR count). The number of rotatable bonds is 1. The second kappa shape index (κ2) is 6.19. The van der Waals surface area contributed by atoms with Gasteiger partial charge in [-0.2, -0.15) is 0 Å². The van der Waals surface area contributed by atoms with Crippen molar-refractivity contribution in [1.29, 1.82) is 0 Å². The van der Waals surface area contributed by atoms with Crippen LogP contribution in [0.3, 0.4) is 0 Å². The van der Waals surface area contributed by atoms with Gasteiger partial charge in [-0.25, -0.2) is 4.98 Å². The molecule has 0 radical (unpaired) electrons. The first-order valence-electron chi connectivity index (χ1n) is 7.47. The van der Waals surface area contributed by atoms with Gasteiger partial charge in [-0.05, 0) is 54.5 Å². The van der Waals surface area contributed by atoms with Crippen LogP contribution in [0.4, 0.5) is 0 Å². The molecule has 4 aromatic rings. The minimum absolute atomic E-state index is 0.699. The summed E-state index contributed by atoms with van der Waals surface area (Å²) >= 11 is 5.91. The second-order valence-corrected chi connectivity index (χ2v) is 5.65. The number of aromatic nitrogens is 3. The van der Waals surface area contributed by atoms with Crippen LogP contribution in [0, 0.1) is 11.8 Å². The number of halogens is 1. The average Bonchev–Trinajstić information content (AvgIpc) is 3.01. The Hall–Kier alpha value is -3.09. The van der Waals surface area contributed by atoms with E-state index in [0.29, 0.717) is 5.02 Å². The molecule has 3 heterocycles. The predicted molar refractivity (Wildman–Crippen MR) is 95.9 cm³/mol. The number of nitrogens with zero attached hydrogens (tertiary/aromatic N) is 3. The average molecular weight is 330 g/mol. The van der Waals surface area contributed by atoms with Crippen LogP contribution in [0.5, 0.6) is 0 Å². The summed E-state index contributed by atoms with van der Waals surface area (Å²) in [6, 6.07) is 19.2. The minimum atomic E-state index is 0.699. The molecule has 0 N–H and O–H groups in total. The fourth-order valence-corrected chi connectivity index (χ4v) is 2.60. The van der Waals surface area contributed by atoms with E-state index in [9.17, 15) is 0 Å². The van der Waals surface area contributed by atoms with E-state index >= 15 is 0 Å². The molecule has 1 aromatic carbocycles. The molecule has 0 amide bonds. The lowest BCUT2D eigenvalue weighted by molar-refractivity contribution is 1.13. The van der Waals surface area contributed by atoms with Crippen molar-refractivity contribution < 1.29 is 0 Å². The van der Waals surface area contributed by atoms with Gasteiger partial charge in [-0.15, -0.1) is 0 Å². The molecule has 0 aliphatic heterocycles. The molecule has 3 aromatic heterocycles.